The van der Waals surface area contributed by atoms with Crippen LogP contribution in [0.25, 0.3) is 0 Å². The Morgan fingerprint density at radius 1 is 1.21 bits per heavy atom. The standard InChI is InChI=1S/C17H21ClN4O2/c1-12-21-15(11-16(22-12)19-9-10-24-2)17(23)20-8-7-13-3-5-14(18)6-4-13/h3-6,11H,7-10H2,1-2H3,(H,20,23)(H,19,21,22). The predicted molar refractivity (Wildman–Crippen MR) is 94.6 cm³/mol. The number of hydrogen-bond acceptors (Lipinski definition) is 5. The summed E-state index contributed by atoms with van der Waals surface area (Å²) in [5.74, 6) is 0.937. The molecule has 2 aromatic rings. The molecule has 0 spiro atoms. The minimum absolute atomic E-state index is 0.218. The van der Waals surface area contributed by atoms with Gasteiger partial charge in [-0.05, 0) is 31.0 Å². The fraction of sp³-hybridized carbons (Fsp3) is 0.353. The number of benzene rings is 1. The maximum Gasteiger partial charge on any atom is 0.270 e. The Balaban J connectivity index is 1.90. The lowest BCUT2D eigenvalue weighted by Gasteiger charge is -2.09. The molecule has 1 heterocycles. The predicted octanol–water partition coefficient (Wildman–Crippen LogP) is 2.47. The van der Waals surface area contributed by atoms with Gasteiger partial charge in [-0.15, -0.1) is 0 Å². The summed E-state index contributed by atoms with van der Waals surface area (Å²) in [7, 11) is 1.63. The molecular formula is C17H21ClN4O2. The number of aromatic nitrogens is 2. The van der Waals surface area contributed by atoms with Crippen LogP contribution in [0.15, 0.2) is 30.3 Å². The first-order chi connectivity index (χ1) is 11.6. The van der Waals surface area contributed by atoms with Gasteiger partial charge in [-0.3, -0.25) is 4.79 Å². The number of nitrogens with zero attached hydrogens (tertiary/aromatic N) is 2. The van der Waals surface area contributed by atoms with Crippen LogP contribution in [0.5, 0.6) is 0 Å². The van der Waals surface area contributed by atoms with Crippen molar-refractivity contribution in [1.82, 2.24) is 15.3 Å². The maximum absolute atomic E-state index is 12.2. The molecule has 2 N–H and O–H groups in total. The fourth-order valence-electron chi connectivity index (χ4n) is 2.12. The molecule has 0 aliphatic carbocycles. The van der Waals surface area contributed by atoms with Gasteiger partial charge in [0.05, 0.1) is 6.61 Å². The average molecular weight is 349 g/mol. The average Bonchev–Trinajstić information content (AvgIpc) is 2.56. The topological polar surface area (TPSA) is 76.1 Å². The van der Waals surface area contributed by atoms with Crippen LogP contribution in [0, 0.1) is 6.92 Å². The van der Waals surface area contributed by atoms with Crippen LogP contribution in [-0.2, 0) is 11.2 Å². The molecule has 2 rings (SSSR count). The Labute approximate surface area is 146 Å². The third-order valence-electron chi connectivity index (χ3n) is 3.30. The first-order valence-electron chi connectivity index (χ1n) is 7.69. The van der Waals surface area contributed by atoms with E-state index in [-0.39, 0.29) is 5.91 Å². The van der Waals surface area contributed by atoms with Crippen molar-refractivity contribution in [3.8, 4) is 0 Å². The van der Waals surface area contributed by atoms with Crippen molar-refractivity contribution in [3.05, 3.63) is 52.4 Å². The summed E-state index contributed by atoms with van der Waals surface area (Å²) in [5, 5.41) is 6.67. The molecule has 7 heteroatoms. The van der Waals surface area contributed by atoms with Crippen molar-refractivity contribution >= 4 is 23.3 Å². The van der Waals surface area contributed by atoms with E-state index < -0.39 is 0 Å². The van der Waals surface area contributed by atoms with E-state index in [4.69, 9.17) is 16.3 Å². The van der Waals surface area contributed by atoms with E-state index in [2.05, 4.69) is 20.6 Å². The summed E-state index contributed by atoms with van der Waals surface area (Å²) < 4.78 is 4.98. The van der Waals surface area contributed by atoms with Crippen molar-refractivity contribution < 1.29 is 9.53 Å². The first kappa shape index (κ1) is 18.2. The van der Waals surface area contributed by atoms with Crippen molar-refractivity contribution in [2.24, 2.45) is 0 Å². The van der Waals surface area contributed by atoms with E-state index in [1.165, 1.54) is 0 Å². The molecule has 0 fully saturated rings. The number of methoxy groups -OCH3 is 1. The summed E-state index contributed by atoms with van der Waals surface area (Å²) in [5.41, 5.74) is 1.46. The zero-order chi connectivity index (χ0) is 17.4. The fourth-order valence-corrected chi connectivity index (χ4v) is 2.24. The minimum Gasteiger partial charge on any atom is -0.383 e. The van der Waals surface area contributed by atoms with Gasteiger partial charge in [0.15, 0.2) is 0 Å². The van der Waals surface area contributed by atoms with Gasteiger partial charge in [0.2, 0.25) is 0 Å². The molecule has 0 unspecified atom stereocenters. The maximum atomic E-state index is 12.2. The molecule has 0 bridgehead atoms. The van der Waals surface area contributed by atoms with Crippen LogP contribution >= 0.6 is 11.6 Å². The Hall–Kier alpha value is -2.18. The second-order valence-electron chi connectivity index (χ2n) is 5.24. The summed E-state index contributed by atoms with van der Waals surface area (Å²) >= 11 is 5.85. The Morgan fingerprint density at radius 2 is 1.96 bits per heavy atom. The lowest BCUT2D eigenvalue weighted by Crippen LogP contribution is -2.27. The molecule has 1 aromatic carbocycles. The summed E-state index contributed by atoms with van der Waals surface area (Å²) in [4.78, 5) is 20.7. The Bertz CT molecular complexity index is 677. The highest BCUT2D eigenvalue weighted by atomic mass is 35.5. The molecule has 128 valence electrons. The number of carbonyl (C=O) groups excluding carboxylic acids is 1. The quantitative estimate of drug-likeness (QED) is 0.717. The number of hydrogen-bond donors (Lipinski definition) is 2. The zero-order valence-electron chi connectivity index (χ0n) is 13.8. The van der Waals surface area contributed by atoms with Gasteiger partial charge >= 0.3 is 0 Å². The number of ether oxygens (including phenoxy) is 1. The molecule has 0 aliphatic heterocycles. The molecule has 1 amide bonds. The minimum atomic E-state index is -0.218. The summed E-state index contributed by atoms with van der Waals surface area (Å²) in [6, 6.07) is 9.21. The number of halogens is 1. The highest BCUT2D eigenvalue weighted by Crippen LogP contribution is 2.10. The van der Waals surface area contributed by atoms with Gasteiger partial charge in [-0.1, -0.05) is 23.7 Å². The number of rotatable bonds is 8. The van der Waals surface area contributed by atoms with Crippen molar-refractivity contribution in [2.45, 2.75) is 13.3 Å². The van der Waals surface area contributed by atoms with Crippen molar-refractivity contribution in [1.29, 1.82) is 0 Å². The smallest absolute Gasteiger partial charge is 0.270 e. The molecule has 0 saturated heterocycles. The normalized spacial score (nSPS) is 10.5. The monoisotopic (exact) mass is 348 g/mol. The van der Waals surface area contributed by atoms with E-state index in [9.17, 15) is 4.79 Å². The Kier molecular flexibility index (Phi) is 6.96. The largest absolute Gasteiger partial charge is 0.383 e. The van der Waals surface area contributed by atoms with Crippen LogP contribution in [0.3, 0.4) is 0 Å². The van der Waals surface area contributed by atoms with E-state index in [0.717, 1.165) is 12.0 Å². The van der Waals surface area contributed by atoms with E-state index in [1.54, 1.807) is 20.1 Å². The second-order valence-corrected chi connectivity index (χ2v) is 5.67. The van der Waals surface area contributed by atoms with Crippen LogP contribution in [0.1, 0.15) is 21.9 Å². The van der Waals surface area contributed by atoms with Gasteiger partial charge < -0.3 is 15.4 Å². The van der Waals surface area contributed by atoms with E-state index in [1.807, 2.05) is 24.3 Å². The zero-order valence-corrected chi connectivity index (χ0v) is 14.6. The molecular weight excluding hydrogens is 328 g/mol. The van der Waals surface area contributed by atoms with Gasteiger partial charge in [-0.25, -0.2) is 9.97 Å². The summed E-state index contributed by atoms with van der Waals surface area (Å²) in [6.45, 7) is 3.46. The SMILES string of the molecule is COCCNc1cc(C(=O)NCCc2ccc(Cl)cc2)nc(C)n1. The third kappa shape index (κ3) is 5.79. The molecule has 0 atom stereocenters. The van der Waals surface area contributed by atoms with Crippen LogP contribution < -0.4 is 10.6 Å². The highest BCUT2D eigenvalue weighted by molar-refractivity contribution is 6.30. The van der Waals surface area contributed by atoms with Crippen LogP contribution in [0.2, 0.25) is 5.02 Å². The van der Waals surface area contributed by atoms with E-state index >= 15 is 0 Å². The van der Waals surface area contributed by atoms with Gasteiger partial charge in [0.25, 0.3) is 5.91 Å². The van der Waals surface area contributed by atoms with Crippen LogP contribution in [0.4, 0.5) is 5.82 Å². The number of carbonyl (C=O) groups is 1. The highest BCUT2D eigenvalue weighted by Gasteiger charge is 2.10. The summed E-state index contributed by atoms with van der Waals surface area (Å²) in [6.07, 6.45) is 0.728. The Morgan fingerprint density at radius 3 is 2.67 bits per heavy atom. The number of anilines is 1. The van der Waals surface area contributed by atoms with Crippen LogP contribution in [-0.4, -0.2) is 42.7 Å². The molecule has 6 nitrogen and oxygen atoms in total. The molecule has 0 saturated carbocycles. The number of aryl methyl sites for hydroxylation is 1. The van der Waals surface area contributed by atoms with Gasteiger partial charge in [-0.2, -0.15) is 0 Å². The number of amides is 1. The van der Waals surface area contributed by atoms with Crippen molar-refractivity contribution in [2.75, 3.05) is 32.1 Å². The first-order valence-corrected chi connectivity index (χ1v) is 8.07. The lowest BCUT2D eigenvalue weighted by molar-refractivity contribution is 0.0949. The lowest BCUT2D eigenvalue weighted by atomic mass is 10.1. The third-order valence-corrected chi connectivity index (χ3v) is 3.55. The molecule has 0 aliphatic rings. The number of nitrogens with one attached hydrogen (secondary N) is 2. The van der Waals surface area contributed by atoms with E-state index in [0.29, 0.717) is 42.1 Å². The van der Waals surface area contributed by atoms with Gasteiger partial charge in [0, 0.05) is 31.3 Å². The van der Waals surface area contributed by atoms with Crippen molar-refractivity contribution in [3.63, 3.8) is 0 Å². The molecule has 24 heavy (non-hydrogen) atoms. The second kappa shape index (κ2) is 9.20. The molecule has 0 radical (unpaired) electrons. The van der Waals surface area contributed by atoms with Gasteiger partial charge in [0.1, 0.15) is 17.3 Å². The molecule has 1 aromatic heterocycles.